The van der Waals surface area contributed by atoms with Gasteiger partial charge in [0.1, 0.15) is 23.3 Å². The van der Waals surface area contributed by atoms with Crippen LogP contribution in [0.4, 0.5) is 15.3 Å². The van der Waals surface area contributed by atoms with Gasteiger partial charge in [-0.3, -0.25) is 9.59 Å². The van der Waals surface area contributed by atoms with Crippen molar-refractivity contribution in [3.05, 3.63) is 24.3 Å². The Bertz CT molecular complexity index is 1160. The van der Waals surface area contributed by atoms with Gasteiger partial charge >= 0.3 is 144 Å². The van der Waals surface area contributed by atoms with Crippen molar-refractivity contribution in [2.24, 2.45) is 0 Å². The van der Waals surface area contributed by atoms with Gasteiger partial charge in [-0.05, 0) is 62.3 Å². The maximum Gasteiger partial charge on any atom is 0.329 e. The standard InChI is InChI=1S/C24H37N4O6.C7H14O2.2C2H6.3CH3.Sn/c1-23(2,3)33-19(29)16-26-22(32)28-18(20(30)34-24(4,5)6)14-10-11-15-25-21(31)27-17-12-8-7-9-13-17;1-5-6(8)9-7(2,3)4;2*1-2;;;;/h8-9,12-13,18H,10-11,14-16H2,1-6H3,(H2,25,27,31)(H2,26,28,32);5H2,1-4H3;2*1-2H3;3*1H3;. The van der Waals surface area contributed by atoms with Crippen LogP contribution in [0.2, 0.25) is 14.8 Å². The van der Waals surface area contributed by atoms with Crippen LogP contribution in [0.15, 0.2) is 24.3 Å². The van der Waals surface area contributed by atoms with Crippen LogP contribution in [0.1, 0.15) is 123 Å². The molecule has 13 heteroatoms. The van der Waals surface area contributed by atoms with Crippen LogP contribution in [0.3, 0.4) is 0 Å². The van der Waals surface area contributed by atoms with Gasteiger partial charge in [0, 0.05) is 6.42 Å². The fraction of sp³-hybridized carbons (Fsp3) is 0.711. The molecule has 1 aromatic rings. The molecule has 0 aliphatic carbocycles. The van der Waals surface area contributed by atoms with E-state index < -0.39 is 53.6 Å². The maximum atomic E-state index is 12.6. The first-order valence-electron chi connectivity index (χ1n) is 18.2. The summed E-state index contributed by atoms with van der Waals surface area (Å²) in [6.45, 7) is 25.9. The Hall–Kier alpha value is -3.03. The van der Waals surface area contributed by atoms with Crippen LogP contribution in [-0.4, -0.2) is 84.3 Å². The minimum Gasteiger partial charge on any atom is -0.460 e. The molecule has 0 aromatic heterocycles. The first-order chi connectivity index (χ1) is 23.3. The van der Waals surface area contributed by atoms with Crippen LogP contribution < -0.4 is 24.8 Å². The van der Waals surface area contributed by atoms with Crippen molar-refractivity contribution in [1.82, 2.24) is 16.0 Å². The number of esters is 3. The van der Waals surface area contributed by atoms with E-state index in [1.54, 1.807) is 48.5 Å². The molecule has 0 radical (unpaired) electrons. The van der Waals surface area contributed by atoms with Crippen molar-refractivity contribution in [1.29, 1.82) is 0 Å². The van der Waals surface area contributed by atoms with E-state index in [1.807, 2.05) is 60.6 Å². The van der Waals surface area contributed by atoms with E-state index >= 15 is 0 Å². The second kappa shape index (κ2) is 25.8. The average molecular weight is 832 g/mol. The number of anilines is 1. The zero-order chi connectivity index (χ0) is 40.6. The largest absolute Gasteiger partial charge is 0.460 e. The van der Waals surface area contributed by atoms with E-state index in [9.17, 15) is 24.0 Å². The topological polar surface area (TPSA) is 161 Å². The Kier molecular flexibility index (Phi) is 26.5. The molecular weight excluding hydrogens is 759 g/mol. The van der Waals surface area contributed by atoms with Crippen LogP contribution in [0, 0.1) is 0 Å². The molecule has 0 fully saturated rings. The third kappa shape index (κ3) is 31.4. The van der Waals surface area contributed by atoms with Gasteiger partial charge in [-0.1, -0.05) is 34.6 Å². The number of benzene rings is 1. The van der Waals surface area contributed by atoms with Gasteiger partial charge in [-0.25, -0.2) is 9.59 Å². The Morgan fingerprint density at radius 2 is 1.14 bits per heavy atom. The van der Waals surface area contributed by atoms with E-state index in [4.69, 9.17) is 14.2 Å². The van der Waals surface area contributed by atoms with Gasteiger partial charge in [0.25, 0.3) is 0 Å². The van der Waals surface area contributed by atoms with Crippen molar-refractivity contribution >= 4 is 57.6 Å². The summed E-state index contributed by atoms with van der Waals surface area (Å²) in [5.41, 5.74) is -0.989. The molecule has 1 rings (SSSR count). The molecule has 1 aromatic carbocycles. The number of nitrogens with one attached hydrogen (secondary N) is 4. The van der Waals surface area contributed by atoms with E-state index in [0.717, 1.165) is 5.69 Å². The number of hydrogen-bond acceptors (Lipinski definition) is 8. The number of urea groups is 2. The summed E-state index contributed by atoms with van der Waals surface area (Å²) in [5.74, 6) is -1.29. The van der Waals surface area contributed by atoms with Crippen LogP contribution in [0.5, 0.6) is 0 Å². The Labute approximate surface area is 313 Å². The zero-order valence-corrected chi connectivity index (χ0v) is 37.7. The third-order valence-electron chi connectivity index (χ3n) is 5.73. The quantitative estimate of drug-likeness (QED) is 0.0723. The molecule has 296 valence electrons. The molecule has 4 amide bonds. The third-order valence-corrected chi connectivity index (χ3v) is 11.6. The molecule has 0 bridgehead atoms. The van der Waals surface area contributed by atoms with Crippen molar-refractivity contribution in [2.75, 3.05) is 18.4 Å². The minimum absolute atomic E-state index is 0.137. The van der Waals surface area contributed by atoms with Crippen molar-refractivity contribution in [2.45, 2.75) is 160 Å². The monoisotopic (exact) mass is 832 g/mol. The van der Waals surface area contributed by atoms with E-state index in [2.05, 4.69) is 48.2 Å². The number of rotatable bonds is 12. The van der Waals surface area contributed by atoms with E-state index in [-0.39, 0.29) is 24.1 Å². The summed E-state index contributed by atoms with van der Waals surface area (Å²) in [4.78, 5) is 66.7. The molecule has 0 spiro atoms. The van der Waals surface area contributed by atoms with Crippen LogP contribution in [0.25, 0.3) is 0 Å². The van der Waals surface area contributed by atoms with Gasteiger partial charge < -0.3 is 24.8 Å². The first kappa shape index (κ1) is 52.3. The summed E-state index contributed by atoms with van der Waals surface area (Å²) in [6.07, 6.45) is 1.89. The van der Waals surface area contributed by atoms with Crippen molar-refractivity contribution in [3.63, 3.8) is 0 Å². The van der Waals surface area contributed by atoms with E-state index in [1.165, 1.54) is 3.58 Å². The van der Waals surface area contributed by atoms with Gasteiger partial charge in [0.05, 0.1) is 0 Å². The Morgan fingerprint density at radius 1 is 0.667 bits per heavy atom. The second-order valence-electron chi connectivity index (χ2n) is 15.1. The molecule has 51 heavy (non-hydrogen) atoms. The van der Waals surface area contributed by atoms with Gasteiger partial charge in [0.15, 0.2) is 0 Å². The molecule has 4 N–H and O–H groups in total. The molecule has 1 atom stereocenters. The normalized spacial score (nSPS) is 11.6. The summed E-state index contributed by atoms with van der Waals surface area (Å²) < 4.78 is 16.9. The summed E-state index contributed by atoms with van der Waals surface area (Å²) >= 11 is -2.13. The smallest absolute Gasteiger partial charge is 0.329 e. The summed E-state index contributed by atoms with van der Waals surface area (Å²) in [6, 6.07) is 6.11. The SMILES string of the molecule is CC.CC.CC(C)(C)OC(=O)CNC(=O)NC(CCCCNC(=O)Nc1cc[c]([Sn]([CH3])([CH3])[CH3])cc1)C(=O)OC(C)(C)C.CCC(=O)OC(C)(C)C. The molecule has 0 aliphatic heterocycles. The predicted molar refractivity (Wildman–Crippen MR) is 211 cm³/mol. The number of carbonyl (C=O) groups is 5. The molecular formula is C38H72N4O8Sn. The van der Waals surface area contributed by atoms with Crippen LogP contribution in [-0.2, 0) is 28.6 Å². The minimum atomic E-state index is -2.13. The van der Waals surface area contributed by atoms with E-state index in [0.29, 0.717) is 32.2 Å². The van der Waals surface area contributed by atoms with Gasteiger partial charge in [-0.2, -0.15) is 0 Å². The first-order valence-corrected chi connectivity index (χ1v) is 28.2. The summed E-state index contributed by atoms with van der Waals surface area (Å²) in [5, 5.41) is 10.6. The Balaban J connectivity index is -0.00000151. The molecule has 12 nitrogen and oxygen atoms in total. The van der Waals surface area contributed by atoms with Gasteiger partial charge in [0.2, 0.25) is 0 Å². The van der Waals surface area contributed by atoms with Crippen LogP contribution >= 0.6 is 0 Å². The molecule has 0 saturated carbocycles. The fourth-order valence-electron chi connectivity index (χ4n) is 3.68. The second-order valence-corrected chi connectivity index (χ2v) is 29.6. The average Bonchev–Trinajstić information content (AvgIpc) is 2.99. The number of ether oxygens (including phenoxy) is 3. The van der Waals surface area contributed by atoms with Gasteiger partial charge in [-0.15, -0.1) is 0 Å². The molecule has 1 unspecified atom stereocenters. The fourth-order valence-corrected chi connectivity index (χ4v) is 7.01. The Morgan fingerprint density at radius 3 is 1.55 bits per heavy atom. The molecule has 0 aliphatic rings. The maximum absolute atomic E-state index is 12.6. The predicted octanol–water partition coefficient (Wildman–Crippen LogP) is 7.67. The number of hydrogen-bond donors (Lipinski definition) is 4. The summed E-state index contributed by atoms with van der Waals surface area (Å²) in [7, 11) is 0. The molecule has 0 saturated heterocycles. The number of amides is 4. The van der Waals surface area contributed by atoms with Crippen molar-refractivity contribution in [3.8, 4) is 0 Å². The zero-order valence-electron chi connectivity index (χ0n) is 34.9. The molecule has 0 heterocycles. The number of unbranched alkanes of at least 4 members (excludes halogenated alkanes) is 1. The van der Waals surface area contributed by atoms with Crippen molar-refractivity contribution < 1.29 is 38.2 Å². The number of carbonyl (C=O) groups excluding carboxylic acids is 5.